The quantitative estimate of drug-likeness (QED) is 0.778. The summed E-state index contributed by atoms with van der Waals surface area (Å²) in [5.41, 5.74) is 5.80. The smallest absolute Gasteiger partial charge is 0.240 e. The lowest BCUT2D eigenvalue weighted by atomic mass is 9.86. The molecule has 0 spiro atoms. The van der Waals surface area contributed by atoms with Gasteiger partial charge in [-0.05, 0) is 25.7 Å². The van der Waals surface area contributed by atoms with Gasteiger partial charge in [0.15, 0.2) is 0 Å². The SMILES string of the molecule is CCCN(C(=O)[C@@H](N)C(C)(C)C)C(C)C. The summed E-state index contributed by atoms with van der Waals surface area (Å²) in [5, 5.41) is 0. The molecule has 0 fully saturated rings. The Labute approximate surface area is 94.0 Å². The summed E-state index contributed by atoms with van der Waals surface area (Å²) >= 11 is 0. The molecule has 0 radical (unpaired) electrons. The van der Waals surface area contributed by atoms with E-state index in [4.69, 9.17) is 5.73 Å². The first-order chi connectivity index (χ1) is 6.71. The predicted molar refractivity (Wildman–Crippen MR) is 64.6 cm³/mol. The van der Waals surface area contributed by atoms with Gasteiger partial charge in [0.25, 0.3) is 0 Å². The van der Waals surface area contributed by atoms with Gasteiger partial charge in [0.05, 0.1) is 6.04 Å². The minimum absolute atomic E-state index is 0.0688. The van der Waals surface area contributed by atoms with Gasteiger partial charge >= 0.3 is 0 Å². The molecule has 0 aromatic rings. The van der Waals surface area contributed by atoms with E-state index in [0.717, 1.165) is 13.0 Å². The van der Waals surface area contributed by atoms with Crippen LogP contribution in [0.4, 0.5) is 0 Å². The Morgan fingerprint density at radius 1 is 1.33 bits per heavy atom. The highest BCUT2D eigenvalue weighted by Gasteiger charge is 2.31. The molecule has 90 valence electrons. The Balaban J connectivity index is 4.64. The van der Waals surface area contributed by atoms with Crippen molar-refractivity contribution in [2.45, 2.75) is 60.0 Å². The molecular formula is C12H26N2O. The van der Waals surface area contributed by atoms with Crippen molar-refractivity contribution in [1.82, 2.24) is 4.90 Å². The Morgan fingerprint density at radius 2 is 1.80 bits per heavy atom. The van der Waals surface area contributed by atoms with E-state index in [9.17, 15) is 4.79 Å². The fraction of sp³-hybridized carbons (Fsp3) is 0.917. The van der Waals surface area contributed by atoms with E-state index in [0.29, 0.717) is 0 Å². The van der Waals surface area contributed by atoms with Crippen LogP contribution in [0.25, 0.3) is 0 Å². The van der Waals surface area contributed by atoms with Crippen LogP contribution in [-0.4, -0.2) is 29.4 Å². The minimum atomic E-state index is -0.411. The van der Waals surface area contributed by atoms with Gasteiger partial charge in [-0.15, -0.1) is 0 Å². The molecule has 0 aliphatic rings. The normalized spacial score (nSPS) is 14.1. The van der Waals surface area contributed by atoms with Crippen LogP contribution in [0.15, 0.2) is 0 Å². The molecule has 2 N–H and O–H groups in total. The van der Waals surface area contributed by atoms with Crippen LogP contribution in [0.2, 0.25) is 0 Å². The monoisotopic (exact) mass is 214 g/mol. The molecule has 0 saturated heterocycles. The van der Waals surface area contributed by atoms with Gasteiger partial charge in [-0.25, -0.2) is 0 Å². The van der Waals surface area contributed by atoms with Crippen molar-refractivity contribution in [3.8, 4) is 0 Å². The van der Waals surface area contributed by atoms with Gasteiger partial charge in [-0.2, -0.15) is 0 Å². The van der Waals surface area contributed by atoms with Crippen LogP contribution in [0, 0.1) is 5.41 Å². The van der Waals surface area contributed by atoms with E-state index in [1.165, 1.54) is 0 Å². The van der Waals surface area contributed by atoms with Crippen LogP contribution < -0.4 is 5.73 Å². The highest BCUT2D eigenvalue weighted by atomic mass is 16.2. The van der Waals surface area contributed by atoms with E-state index < -0.39 is 6.04 Å². The second-order valence-corrected chi connectivity index (χ2v) is 5.47. The lowest BCUT2D eigenvalue weighted by molar-refractivity contribution is -0.136. The number of nitrogens with zero attached hydrogens (tertiary/aromatic N) is 1. The first kappa shape index (κ1) is 14.4. The lowest BCUT2D eigenvalue weighted by Crippen LogP contribution is -2.52. The summed E-state index contributed by atoms with van der Waals surface area (Å²) in [6, 6.07) is -0.183. The molecule has 15 heavy (non-hydrogen) atoms. The second kappa shape index (κ2) is 5.50. The van der Waals surface area contributed by atoms with E-state index in [-0.39, 0.29) is 17.4 Å². The third kappa shape index (κ3) is 4.20. The molecule has 0 aromatic carbocycles. The molecule has 1 amide bonds. The van der Waals surface area contributed by atoms with Gasteiger partial charge < -0.3 is 10.6 Å². The Kier molecular flexibility index (Phi) is 5.29. The molecule has 0 saturated carbocycles. The molecular weight excluding hydrogens is 188 g/mol. The third-order valence-corrected chi connectivity index (χ3v) is 2.57. The van der Waals surface area contributed by atoms with E-state index in [2.05, 4.69) is 6.92 Å². The Bertz CT molecular complexity index is 206. The molecule has 0 unspecified atom stereocenters. The van der Waals surface area contributed by atoms with Gasteiger partial charge in [0.1, 0.15) is 0 Å². The van der Waals surface area contributed by atoms with Gasteiger partial charge in [-0.3, -0.25) is 4.79 Å². The average molecular weight is 214 g/mol. The highest BCUT2D eigenvalue weighted by molar-refractivity contribution is 5.82. The molecule has 0 heterocycles. The average Bonchev–Trinajstić information content (AvgIpc) is 2.09. The van der Waals surface area contributed by atoms with E-state index >= 15 is 0 Å². The number of nitrogens with two attached hydrogens (primary N) is 1. The number of rotatable bonds is 4. The van der Waals surface area contributed by atoms with E-state index in [1.807, 2.05) is 39.5 Å². The first-order valence-corrected chi connectivity index (χ1v) is 5.77. The third-order valence-electron chi connectivity index (χ3n) is 2.57. The van der Waals surface area contributed by atoms with Crippen molar-refractivity contribution in [2.24, 2.45) is 11.1 Å². The zero-order valence-electron chi connectivity index (χ0n) is 11.0. The second-order valence-electron chi connectivity index (χ2n) is 5.47. The van der Waals surface area contributed by atoms with Crippen molar-refractivity contribution in [1.29, 1.82) is 0 Å². The summed E-state index contributed by atoms with van der Waals surface area (Å²) in [4.78, 5) is 14.0. The van der Waals surface area contributed by atoms with Crippen LogP contribution in [0.5, 0.6) is 0 Å². The fourth-order valence-corrected chi connectivity index (χ4v) is 1.41. The summed E-state index contributed by atoms with van der Waals surface area (Å²) < 4.78 is 0. The highest BCUT2D eigenvalue weighted by Crippen LogP contribution is 2.20. The van der Waals surface area contributed by atoms with Gasteiger partial charge in [0.2, 0.25) is 5.91 Å². The standard InChI is InChI=1S/C12H26N2O/c1-7-8-14(9(2)3)11(15)10(13)12(4,5)6/h9-10H,7-8,13H2,1-6H3/t10-/m1/s1. The maximum absolute atomic E-state index is 12.1. The molecule has 1 atom stereocenters. The first-order valence-electron chi connectivity index (χ1n) is 5.77. The largest absolute Gasteiger partial charge is 0.339 e. The predicted octanol–water partition coefficient (Wildman–Crippen LogP) is 2.01. The van der Waals surface area contributed by atoms with Crippen LogP contribution in [0.1, 0.15) is 48.0 Å². The summed E-state index contributed by atoms with van der Waals surface area (Å²) in [7, 11) is 0. The fourth-order valence-electron chi connectivity index (χ4n) is 1.41. The molecule has 0 aromatic heterocycles. The summed E-state index contributed by atoms with van der Waals surface area (Å²) in [6.07, 6.45) is 0.973. The molecule has 0 aliphatic carbocycles. The number of hydrogen-bond acceptors (Lipinski definition) is 2. The molecule has 0 bridgehead atoms. The molecule has 0 aliphatic heterocycles. The van der Waals surface area contributed by atoms with Crippen LogP contribution in [-0.2, 0) is 4.79 Å². The zero-order chi connectivity index (χ0) is 12.2. The summed E-state index contributed by atoms with van der Waals surface area (Å²) in [6.45, 7) is 12.9. The summed E-state index contributed by atoms with van der Waals surface area (Å²) in [5.74, 6) is 0.0688. The van der Waals surface area contributed by atoms with Crippen molar-refractivity contribution in [2.75, 3.05) is 6.54 Å². The van der Waals surface area contributed by atoms with Gasteiger partial charge in [0, 0.05) is 12.6 Å². The van der Waals surface area contributed by atoms with Crippen molar-refractivity contribution >= 4 is 5.91 Å². The number of carbonyl (C=O) groups excluding carboxylic acids is 1. The van der Waals surface area contributed by atoms with E-state index in [1.54, 1.807) is 0 Å². The van der Waals surface area contributed by atoms with Crippen LogP contribution in [0.3, 0.4) is 0 Å². The van der Waals surface area contributed by atoms with Crippen molar-refractivity contribution < 1.29 is 4.79 Å². The number of carbonyl (C=O) groups is 1. The topological polar surface area (TPSA) is 46.3 Å². The maximum Gasteiger partial charge on any atom is 0.240 e. The molecule has 3 heteroatoms. The van der Waals surface area contributed by atoms with Crippen LogP contribution >= 0.6 is 0 Å². The number of amides is 1. The maximum atomic E-state index is 12.1. The van der Waals surface area contributed by atoms with Gasteiger partial charge in [-0.1, -0.05) is 27.7 Å². The number of hydrogen-bond donors (Lipinski definition) is 1. The molecule has 3 nitrogen and oxygen atoms in total. The lowest BCUT2D eigenvalue weighted by Gasteiger charge is -2.34. The van der Waals surface area contributed by atoms with Crippen molar-refractivity contribution in [3.63, 3.8) is 0 Å². The Morgan fingerprint density at radius 3 is 2.07 bits per heavy atom. The Hall–Kier alpha value is -0.570. The van der Waals surface area contributed by atoms with Crippen molar-refractivity contribution in [3.05, 3.63) is 0 Å². The zero-order valence-corrected chi connectivity index (χ0v) is 11.0. The minimum Gasteiger partial charge on any atom is -0.339 e. The molecule has 0 rings (SSSR count).